The van der Waals surface area contributed by atoms with Gasteiger partial charge in [0.2, 0.25) is 5.91 Å². The third-order valence-corrected chi connectivity index (χ3v) is 6.91. The molecule has 2 heterocycles. The number of carbonyl (C=O) groups is 1. The summed E-state index contributed by atoms with van der Waals surface area (Å²) in [5, 5.41) is 18.3. The van der Waals surface area contributed by atoms with E-state index in [0.29, 0.717) is 24.1 Å². The molecule has 0 radical (unpaired) electrons. The maximum Gasteiger partial charge on any atom is 0.242 e. The molecule has 4 unspecified atom stereocenters. The molecule has 0 aromatic heterocycles. The fraction of sp³-hybridized carbons (Fsp3) is 0.609. The summed E-state index contributed by atoms with van der Waals surface area (Å²) in [6.07, 6.45) is 2.87. The molecule has 5 atom stereocenters. The first-order valence-electron chi connectivity index (χ1n) is 11.0. The lowest BCUT2D eigenvalue weighted by molar-refractivity contribution is -0.134. The number of amides is 1. The molecular formula is C23H30N6O. The minimum Gasteiger partial charge on any atom is -0.322 e. The van der Waals surface area contributed by atoms with Crippen LogP contribution in [0.2, 0.25) is 0 Å². The summed E-state index contributed by atoms with van der Waals surface area (Å²) < 4.78 is 0. The Morgan fingerprint density at radius 3 is 2.67 bits per heavy atom. The predicted molar refractivity (Wildman–Crippen MR) is 113 cm³/mol. The van der Waals surface area contributed by atoms with Gasteiger partial charge in [0.25, 0.3) is 0 Å². The molecule has 1 aromatic carbocycles. The van der Waals surface area contributed by atoms with Gasteiger partial charge in [0.05, 0.1) is 23.7 Å². The van der Waals surface area contributed by atoms with Crippen LogP contribution in [-0.2, 0) is 11.3 Å². The van der Waals surface area contributed by atoms with E-state index < -0.39 is 6.04 Å². The van der Waals surface area contributed by atoms with Crippen molar-refractivity contribution in [3.05, 3.63) is 35.4 Å². The molecule has 2 N–H and O–H groups in total. The predicted octanol–water partition coefficient (Wildman–Crippen LogP) is 1.29. The molecule has 3 aliphatic rings. The minimum absolute atomic E-state index is 0.0559. The molecule has 158 valence electrons. The van der Waals surface area contributed by atoms with Gasteiger partial charge in [-0.3, -0.25) is 14.6 Å². The number of piperidine rings is 1. The zero-order valence-electron chi connectivity index (χ0n) is 17.6. The van der Waals surface area contributed by atoms with Gasteiger partial charge < -0.3 is 10.6 Å². The fourth-order valence-electron chi connectivity index (χ4n) is 5.07. The topological polar surface area (TPSA) is 100 Å². The van der Waals surface area contributed by atoms with Crippen LogP contribution in [0.4, 0.5) is 0 Å². The van der Waals surface area contributed by atoms with E-state index in [1.807, 2.05) is 24.3 Å². The van der Waals surface area contributed by atoms with Crippen LogP contribution in [0, 0.1) is 28.6 Å². The van der Waals surface area contributed by atoms with Gasteiger partial charge in [0.1, 0.15) is 6.04 Å². The van der Waals surface area contributed by atoms with Gasteiger partial charge >= 0.3 is 0 Å². The highest BCUT2D eigenvalue weighted by atomic mass is 16.2. The van der Waals surface area contributed by atoms with Gasteiger partial charge in [0, 0.05) is 44.8 Å². The fourth-order valence-corrected chi connectivity index (χ4v) is 5.07. The molecule has 1 amide bonds. The van der Waals surface area contributed by atoms with Crippen LogP contribution < -0.4 is 5.73 Å². The maximum absolute atomic E-state index is 12.9. The summed E-state index contributed by atoms with van der Waals surface area (Å²) in [5.41, 5.74) is 8.21. The summed E-state index contributed by atoms with van der Waals surface area (Å²) in [6, 6.07) is 12.0. The Balaban J connectivity index is 1.32. The Kier molecular flexibility index (Phi) is 6.06. The molecule has 0 bridgehead atoms. The zero-order valence-corrected chi connectivity index (χ0v) is 17.6. The molecule has 1 saturated carbocycles. The largest absolute Gasteiger partial charge is 0.322 e. The Bertz CT molecular complexity index is 856. The highest BCUT2D eigenvalue weighted by Gasteiger charge is 2.54. The number of nitrogens with two attached hydrogens (primary N) is 1. The van der Waals surface area contributed by atoms with E-state index in [9.17, 15) is 10.1 Å². The molecule has 2 saturated heterocycles. The Labute approximate surface area is 178 Å². The molecule has 7 nitrogen and oxygen atoms in total. The van der Waals surface area contributed by atoms with Gasteiger partial charge in [-0.25, -0.2) is 0 Å². The van der Waals surface area contributed by atoms with Crippen molar-refractivity contribution in [1.82, 2.24) is 14.7 Å². The van der Waals surface area contributed by atoms with Crippen molar-refractivity contribution in [1.29, 1.82) is 10.5 Å². The Morgan fingerprint density at radius 2 is 2.00 bits per heavy atom. The normalized spacial score (nSPS) is 29.7. The van der Waals surface area contributed by atoms with Gasteiger partial charge in [-0.2, -0.15) is 10.5 Å². The maximum atomic E-state index is 12.9. The smallest absolute Gasteiger partial charge is 0.242 e. The van der Waals surface area contributed by atoms with E-state index in [1.54, 1.807) is 4.90 Å². The van der Waals surface area contributed by atoms with Gasteiger partial charge in [-0.15, -0.1) is 0 Å². The van der Waals surface area contributed by atoms with Crippen LogP contribution in [0.25, 0.3) is 0 Å². The van der Waals surface area contributed by atoms with Crippen LogP contribution >= 0.6 is 0 Å². The SMILES string of the molecule is CC[C@H]1CN(CC(N)C(=O)N2C(C#N)CC3CC32)CCN1Cc1ccc(C#N)cc1. The highest BCUT2D eigenvalue weighted by molar-refractivity contribution is 5.83. The van der Waals surface area contributed by atoms with E-state index >= 15 is 0 Å². The van der Waals surface area contributed by atoms with E-state index in [2.05, 4.69) is 28.9 Å². The van der Waals surface area contributed by atoms with Crippen molar-refractivity contribution in [2.45, 2.75) is 56.9 Å². The average molecular weight is 407 g/mol. The first-order valence-corrected chi connectivity index (χ1v) is 11.0. The number of rotatable bonds is 6. The first kappa shape index (κ1) is 20.8. The number of nitriles is 2. The highest BCUT2D eigenvalue weighted by Crippen LogP contribution is 2.47. The van der Waals surface area contributed by atoms with Crippen LogP contribution in [0.5, 0.6) is 0 Å². The van der Waals surface area contributed by atoms with Crippen LogP contribution in [0.1, 0.15) is 37.3 Å². The van der Waals surface area contributed by atoms with Gasteiger partial charge in [-0.05, 0) is 42.9 Å². The van der Waals surface area contributed by atoms with E-state index in [4.69, 9.17) is 11.0 Å². The van der Waals surface area contributed by atoms with E-state index in [1.165, 1.54) is 5.56 Å². The van der Waals surface area contributed by atoms with E-state index in [-0.39, 0.29) is 18.0 Å². The van der Waals surface area contributed by atoms with Crippen molar-refractivity contribution in [3.8, 4) is 12.1 Å². The second-order valence-corrected chi connectivity index (χ2v) is 8.90. The summed E-state index contributed by atoms with van der Waals surface area (Å²) in [4.78, 5) is 19.5. The minimum atomic E-state index is -0.567. The van der Waals surface area contributed by atoms with Gasteiger partial charge in [0.15, 0.2) is 0 Å². The summed E-state index contributed by atoms with van der Waals surface area (Å²) in [5.74, 6) is 0.459. The lowest BCUT2D eigenvalue weighted by Gasteiger charge is -2.42. The summed E-state index contributed by atoms with van der Waals surface area (Å²) in [6.45, 7) is 6.30. The zero-order chi connectivity index (χ0) is 21.3. The molecule has 3 fully saturated rings. The number of likely N-dealkylation sites (tertiary alicyclic amines) is 1. The molecule has 2 aliphatic heterocycles. The molecule has 1 aliphatic carbocycles. The van der Waals surface area contributed by atoms with Crippen LogP contribution in [0.3, 0.4) is 0 Å². The molecule has 4 rings (SSSR count). The lowest BCUT2D eigenvalue weighted by Crippen LogP contribution is -2.57. The average Bonchev–Trinajstić information content (AvgIpc) is 3.44. The number of hydrogen-bond donors (Lipinski definition) is 1. The molecule has 7 heteroatoms. The number of hydrogen-bond acceptors (Lipinski definition) is 6. The second-order valence-electron chi connectivity index (χ2n) is 8.90. The second kappa shape index (κ2) is 8.73. The molecular weight excluding hydrogens is 376 g/mol. The lowest BCUT2D eigenvalue weighted by atomic mass is 10.1. The third kappa shape index (κ3) is 4.20. The molecule has 0 spiro atoms. The number of benzene rings is 1. The van der Waals surface area contributed by atoms with E-state index in [0.717, 1.165) is 45.4 Å². The Morgan fingerprint density at radius 1 is 1.23 bits per heavy atom. The van der Waals surface area contributed by atoms with Gasteiger partial charge in [-0.1, -0.05) is 19.1 Å². The van der Waals surface area contributed by atoms with Crippen molar-refractivity contribution in [3.63, 3.8) is 0 Å². The quantitative estimate of drug-likeness (QED) is 0.764. The van der Waals surface area contributed by atoms with Crippen LogP contribution in [0.15, 0.2) is 24.3 Å². The molecule has 30 heavy (non-hydrogen) atoms. The standard InChI is InChI=1S/C23H30N6O/c1-2-19-14-27(7-8-28(19)13-17-5-3-16(11-24)4-6-17)15-21(26)23(30)29-20(12-25)9-18-10-22(18)29/h3-6,18-22H,2,7-10,13-15,26H2,1H3/t18?,19-,20?,21?,22?/m0/s1. The Hall–Kier alpha value is -2.45. The number of fused-ring (bicyclic) bond motifs is 1. The first-order chi connectivity index (χ1) is 14.5. The number of piperazine rings is 1. The van der Waals surface area contributed by atoms with Crippen molar-refractivity contribution in [2.24, 2.45) is 11.7 Å². The van der Waals surface area contributed by atoms with Crippen LogP contribution in [-0.4, -0.2) is 71.0 Å². The number of carbonyl (C=O) groups excluding carboxylic acids is 1. The summed E-state index contributed by atoms with van der Waals surface area (Å²) in [7, 11) is 0. The van der Waals surface area contributed by atoms with Crippen molar-refractivity contribution in [2.75, 3.05) is 26.2 Å². The summed E-state index contributed by atoms with van der Waals surface area (Å²) >= 11 is 0. The third-order valence-electron chi connectivity index (χ3n) is 6.91. The molecule has 1 aromatic rings. The van der Waals surface area contributed by atoms with Crippen molar-refractivity contribution >= 4 is 5.91 Å². The monoisotopic (exact) mass is 406 g/mol. The van der Waals surface area contributed by atoms with Crippen molar-refractivity contribution < 1.29 is 4.79 Å². The number of nitrogens with zero attached hydrogens (tertiary/aromatic N) is 5.